The number of fused-ring (bicyclic) bond motifs is 1. The number of rotatable bonds is 4. The van der Waals surface area contributed by atoms with Crippen LogP contribution in [-0.4, -0.2) is 44.7 Å². The number of nitrogens with zero attached hydrogens (tertiary/aromatic N) is 3. The molecule has 0 aliphatic carbocycles. The number of amides is 1. The van der Waals surface area contributed by atoms with E-state index in [2.05, 4.69) is 27.0 Å². The van der Waals surface area contributed by atoms with Crippen LogP contribution in [0.25, 0.3) is 0 Å². The molecule has 12 heteroatoms. The number of nitrogens with one attached hydrogen (secondary N) is 2. The van der Waals surface area contributed by atoms with Crippen molar-refractivity contribution in [2.45, 2.75) is 25.7 Å². The van der Waals surface area contributed by atoms with E-state index in [4.69, 9.17) is 14.3 Å². The smallest absolute Gasteiger partial charge is 0.475 e. The Balaban J connectivity index is 0.000000339. The largest absolute Gasteiger partial charge is 0.490 e. The Morgan fingerprint density at radius 2 is 2.00 bits per heavy atom. The summed E-state index contributed by atoms with van der Waals surface area (Å²) in [5, 5.41) is 21.0. The predicted octanol–water partition coefficient (Wildman–Crippen LogP) is 2.45. The first-order chi connectivity index (χ1) is 14.7. The maximum Gasteiger partial charge on any atom is 0.490 e. The molecule has 0 atom stereocenters. The Hall–Kier alpha value is -3.67. The summed E-state index contributed by atoms with van der Waals surface area (Å²) in [6, 6.07) is 9.45. The molecule has 0 fully saturated rings. The maximum absolute atomic E-state index is 12.3. The summed E-state index contributed by atoms with van der Waals surface area (Å²) in [6.07, 6.45) is -0.770. The van der Waals surface area contributed by atoms with Crippen molar-refractivity contribution >= 4 is 17.6 Å². The molecule has 3 N–H and O–H groups in total. The fourth-order valence-corrected chi connectivity index (χ4v) is 2.81. The Kier molecular flexibility index (Phi) is 6.70. The van der Waals surface area contributed by atoms with Gasteiger partial charge >= 0.3 is 12.1 Å². The molecule has 4 rings (SSSR count). The summed E-state index contributed by atoms with van der Waals surface area (Å²) in [7, 11) is 0. The van der Waals surface area contributed by atoms with E-state index >= 15 is 0 Å². The fourth-order valence-electron chi connectivity index (χ4n) is 2.81. The van der Waals surface area contributed by atoms with Crippen molar-refractivity contribution in [3.63, 3.8) is 0 Å². The van der Waals surface area contributed by atoms with E-state index in [0.29, 0.717) is 12.3 Å². The lowest BCUT2D eigenvalue weighted by Crippen LogP contribution is -2.23. The van der Waals surface area contributed by atoms with Crippen molar-refractivity contribution in [2.75, 3.05) is 11.9 Å². The van der Waals surface area contributed by atoms with Crippen molar-refractivity contribution in [1.29, 1.82) is 0 Å². The first-order valence-corrected chi connectivity index (χ1v) is 9.09. The average Bonchev–Trinajstić information content (AvgIpc) is 3.40. The quantitative estimate of drug-likeness (QED) is 0.573. The van der Waals surface area contributed by atoms with Gasteiger partial charge in [-0.2, -0.15) is 13.2 Å². The van der Waals surface area contributed by atoms with Gasteiger partial charge in [-0.1, -0.05) is 11.3 Å². The molecule has 0 saturated carbocycles. The van der Waals surface area contributed by atoms with Gasteiger partial charge in [0.25, 0.3) is 5.91 Å². The molecule has 9 nitrogen and oxygen atoms in total. The molecular weight excluding hydrogens is 419 g/mol. The van der Waals surface area contributed by atoms with E-state index in [1.165, 1.54) is 11.1 Å². The number of carbonyl (C=O) groups excluding carboxylic acids is 1. The number of benzene rings is 1. The van der Waals surface area contributed by atoms with Crippen LogP contribution in [0.2, 0.25) is 0 Å². The highest BCUT2D eigenvalue weighted by Gasteiger charge is 2.38. The second kappa shape index (κ2) is 9.43. The molecule has 1 aliphatic heterocycles. The minimum Gasteiger partial charge on any atom is -0.475 e. The van der Waals surface area contributed by atoms with E-state index in [9.17, 15) is 18.0 Å². The maximum atomic E-state index is 12.3. The van der Waals surface area contributed by atoms with Crippen molar-refractivity contribution in [3.05, 3.63) is 65.4 Å². The van der Waals surface area contributed by atoms with Crippen LogP contribution < -0.4 is 10.6 Å². The highest BCUT2D eigenvalue weighted by molar-refractivity contribution is 6.02. The number of anilines is 1. The SMILES string of the molecule is O=C(Nc1ccc2c(c1)CCNC2)c1ccc(Cn2ccnn2)o1.O=C(O)C(F)(F)F. The lowest BCUT2D eigenvalue weighted by molar-refractivity contribution is -0.192. The lowest BCUT2D eigenvalue weighted by Gasteiger charge is -2.17. The van der Waals surface area contributed by atoms with Gasteiger partial charge < -0.3 is 20.2 Å². The van der Waals surface area contributed by atoms with Gasteiger partial charge in [-0.05, 0) is 48.4 Å². The van der Waals surface area contributed by atoms with Crippen LogP contribution in [0.4, 0.5) is 18.9 Å². The molecule has 0 bridgehead atoms. The van der Waals surface area contributed by atoms with E-state index in [-0.39, 0.29) is 11.7 Å². The number of carboxylic acid groups (broad SMARTS) is 1. The minimum atomic E-state index is -5.08. The number of carboxylic acids is 1. The highest BCUT2D eigenvalue weighted by Crippen LogP contribution is 2.20. The van der Waals surface area contributed by atoms with Crippen molar-refractivity contribution in [2.24, 2.45) is 0 Å². The number of hydrogen-bond acceptors (Lipinski definition) is 6. The van der Waals surface area contributed by atoms with Crippen LogP contribution in [0.15, 0.2) is 47.1 Å². The van der Waals surface area contributed by atoms with Gasteiger partial charge in [0.15, 0.2) is 5.76 Å². The average molecular weight is 437 g/mol. The van der Waals surface area contributed by atoms with Crippen molar-refractivity contribution < 1.29 is 32.3 Å². The topological polar surface area (TPSA) is 122 Å². The summed E-state index contributed by atoms with van der Waals surface area (Å²) >= 11 is 0. The molecule has 0 saturated heterocycles. The normalized spacial score (nSPS) is 13.0. The second-order valence-corrected chi connectivity index (χ2v) is 6.53. The zero-order valence-electron chi connectivity index (χ0n) is 16.0. The van der Waals surface area contributed by atoms with Crippen LogP contribution in [0, 0.1) is 0 Å². The second-order valence-electron chi connectivity index (χ2n) is 6.53. The van der Waals surface area contributed by atoms with Gasteiger partial charge in [-0.3, -0.25) is 4.79 Å². The lowest BCUT2D eigenvalue weighted by atomic mass is 10.0. The number of hydrogen-bond donors (Lipinski definition) is 3. The molecule has 3 aromatic rings. The molecule has 1 aromatic carbocycles. The molecule has 2 aromatic heterocycles. The highest BCUT2D eigenvalue weighted by atomic mass is 19.4. The van der Waals surface area contributed by atoms with E-state index in [0.717, 1.165) is 25.2 Å². The van der Waals surface area contributed by atoms with Gasteiger partial charge in [0.05, 0.1) is 6.20 Å². The predicted molar refractivity (Wildman–Crippen MR) is 101 cm³/mol. The Bertz CT molecular complexity index is 1050. The van der Waals surface area contributed by atoms with Crippen molar-refractivity contribution in [1.82, 2.24) is 20.3 Å². The molecular formula is C19H18F3N5O4. The van der Waals surface area contributed by atoms with Crippen LogP contribution in [0.3, 0.4) is 0 Å². The standard InChI is InChI=1S/C17H17N5O2.C2HF3O2/c23-17(16-4-3-15(24-16)11-22-8-7-19-21-22)20-14-2-1-13-10-18-6-5-12(13)9-14;3-2(4,5)1(6)7/h1-4,7-9,18H,5-6,10-11H2,(H,20,23);(H,6,7). The Morgan fingerprint density at radius 1 is 1.23 bits per heavy atom. The molecule has 3 heterocycles. The summed E-state index contributed by atoms with van der Waals surface area (Å²) < 4.78 is 39.0. The molecule has 31 heavy (non-hydrogen) atoms. The van der Waals surface area contributed by atoms with E-state index in [1.54, 1.807) is 29.2 Å². The number of halogens is 3. The van der Waals surface area contributed by atoms with Crippen LogP contribution in [0.1, 0.15) is 27.4 Å². The number of carbonyl (C=O) groups is 2. The molecule has 0 radical (unpaired) electrons. The third-order valence-corrected chi connectivity index (χ3v) is 4.27. The zero-order chi connectivity index (χ0) is 22.4. The van der Waals surface area contributed by atoms with Crippen LogP contribution in [-0.2, 0) is 24.3 Å². The van der Waals surface area contributed by atoms with Crippen LogP contribution >= 0.6 is 0 Å². The van der Waals surface area contributed by atoms with Gasteiger partial charge in [0.1, 0.15) is 12.3 Å². The summed E-state index contributed by atoms with van der Waals surface area (Å²) in [5.74, 6) is -2.08. The van der Waals surface area contributed by atoms with Gasteiger partial charge in [-0.15, -0.1) is 5.10 Å². The molecule has 0 unspecified atom stereocenters. The number of alkyl halides is 3. The number of furan rings is 1. The van der Waals surface area contributed by atoms with E-state index < -0.39 is 12.1 Å². The number of aromatic nitrogens is 3. The van der Waals surface area contributed by atoms with Gasteiger partial charge in [-0.25, -0.2) is 9.48 Å². The third-order valence-electron chi connectivity index (χ3n) is 4.27. The molecule has 1 amide bonds. The van der Waals surface area contributed by atoms with Gasteiger partial charge in [0.2, 0.25) is 0 Å². The summed E-state index contributed by atoms with van der Waals surface area (Å²) in [6.45, 7) is 2.29. The third kappa shape index (κ3) is 6.15. The first kappa shape index (κ1) is 22.0. The summed E-state index contributed by atoms with van der Waals surface area (Å²) in [5.41, 5.74) is 3.35. The Labute approximate surface area is 173 Å². The first-order valence-electron chi connectivity index (χ1n) is 9.09. The zero-order valence-corrected chi connectivity index (χ0v) is 16.0. The molecule has 164 valence electrons. The minimum absolute atomic E-state index is 0.256. The fraction of sp³-hybridized carbons (Fsp3) is 0.263. The number of aliphatic carboxylic acids is 1. The van der Waals surface area contributed by atoms with Crippen molar-refractivity contribution in [3.8, 4) is 0 Å². The monoisotopic (exact) mass is 437 g/mol. The van der Waals surface area contributed by atoms with E-state index in [1.807, 2.05) is 12.1 Å². The Morgan fingerprint density at radius 3 is 2.68 bits per heavy atom. The summed E-state index contributed by atoms with van der Waals surface area (Å²) in [4.78, 5) is 21.2. The van der Waals surface area contributed by atoms with Gasteiger partial charge in [0, 0.05) is 18.4 Å². The van der Waals surface area contributed by atoms with Crippen LogP contribution in [0.5, 0.6) is 0 Å². The molecule has 1 aliphatic rings. The molecule has 0 spiro atoms.